The number of benzene rings is 3. The van der Waals surface area contributed by atoms with Crippen LogP contribution in [0, 0.1) is 0 Å². The van der Waals surface area contributed by atoms with Crippen molar-refractivity contribution in [2.24, 2.45) is 4.99 Å². The second kappa shape index (κ2) is 12.6. The summed E-state index contributed by atoms with van der Waals surface area (Å²) >= 11 is 4.81. The van der Waals surface area contributed by atoms with Gasteiger partial charge in [0.25, 0.3) is 11.5 Å². The third-order valence-corrected chi connectivity index (χ3v) is 8.20. The normalized spacial score (nSPS) is 14.6. The van der Waals surface area contributed by atoms with E-state index in [0.29, 0.717) is 54.6 Å². The maximum absolute atomic E-state index is 14.0. The monoisotopic (exact) mass is 645 g/mol. The zero-order valence-corrected chi connectivity index (χ0v) is 25.6. The summed E-state index contributed by atoms with van der Waals surface area (Å²) in [6.45, 7) is 5.79. The van der Waals surface area contributed by atoms with Gasteiger partial charge in [-0.2, -0.15) is 0 Å². The fraction of sp³-hybridized carbons (Fsp3) is 0.156. The molecule has 1 atom stereocenters. The van der Waals surface area contributed by atoms with Gasteiger partial charge in [0.1, 0.15) is 12.4 Å². The Morgan fingerprint density at radius 2 is 1.86 bits per heavy atom. The van der Waals surface area contributed by atoms with Gasteiger partial charge in [-0.05, 0) is 76.5 Å². The minimum atomic E-state index is -0.700. The number of anilines is 1. The minimum absolute atomic E-state index is 0.265. The Kier molecular flexibility index (Phi) is 8.75. The number of carbonyl (C=O) groups is 1. The number of nitrogens with one attached hydrogen (secondary N) is 1. The smallest absolute Gasteiger partial charge is 0.271 e. The molecule has 0 saturated heterocycles. The van der Waals surface area contributed by atoms with E-state index in [1.807, 2.05) is 60.7 Å². The molecule has 3 aromatic carbocycles. The van der Waals surface area contributed by atoms with E-state index < -0.39 is 6.04 Å². The third kappa shape index (κ3) is 5.81. The summed E-state index contributed by atoms with van der Waals surface area (Å²) in [6, 6.07) is 19.5. The molecule has 1 aromatic heterocycles. The van der Waals surface area contributed by atoms with Crippen LogP contribution in [0.5, 0.6) is 17.2 Å². The Bertz CT molecular complexity index is 1860. The number of carbonyl (C=O) groups excluding carboxylic acids is 1. The van der Waals surface area contributed by atoms with E-state index >= 15 is 0 Å². The van der Waals surface area contributed by atoms with E-state index in [9.17, 15) is 9.59 Å². The van der Waals surface area contributed by atoms with Crippen LogP contribution in [0.4, 0.5) is 5.69 Å². The van der Waals surface area contributed by atoms with E-state index in [1.165, 1.54) is 11.3 Å². The van der Waals surface area contributed by atoms with Crippen molar-refractivity contribution < 1.29 is 19.0 Å². The van der Waals surface area contributed by atoms with Crippen LogP contribution < -0.4 is 34.4 Å². The number of allylic oxidation sites excluding steroid dienone is 1. The first-order valence-electron chi connectivity index (χ1n) is 13.0. The first kappa shape index (κ1) is 29.1. The van der Waals surface area contributed by atoms with Crippen molar-refractivity contribution in [3.63, 3.8) is 0 Å². The van der Waals surface area contributed by atoms with Crippen molar-refractivity contribution >= 4 is 44.9 Å². The molecule has 1 aliphatic heterocycles. The zero-order valence-electron chi connectivity index (χ0n) is 23.2. The molecule has 2 heterocycles. The largest absolute Gasteiger partial charge is 0.497 e. The van der Waals surface area contributed by atoms with Gasteiger partial charge in [-0.3, -0.25) is 14.2 Å². The maximum atomic E-state index is 14.0. The lowest BCUT2D eigenvalue weighted by Crippen LogP contribution is -2.40. The topological polar surface area (TPSA) is 91.2 Å². The number of fused-ring (bicyclic) bond motifs is 1. The molecular formula is C32H28BrN3O5S. The highest BCUT2D eigenvalue weighted by Crippen LogP contribution is 2.37. The molecule has 0 saturated carbocycles. The highest BCUT2D eigenvalue weighted by atomic mass is 79.9. The molecule has 42 heavy (non-hydrogen) atoms. The van der Waals surface area contributed by atoms with Crippen LogP contribution in [0.3, 0.4) is 0 Å². The molecule has 0 aliphatic carbocycles. The number of nitrogens with zero attached hydrogens (tertiary/aromatic N) is 2. The van der Waals surface area contributed by atoms with Gasteiger partial charge < -0.3 is 19.5 Å². The van der Waals surface area contributed by atoms with Crippen LogP contribution in [-0.2, 0) is 4.79 Å². The van der Waals surface area contributed by atoms with E-state index in [-0.39, 0.29) is 11.5 Å². The molecule has 1 aliphatic rings. The number of methoxy groups -OCH3 is 2. The van der Waals surface area contributed by atoms with Crippen molar-refractivity contribution in [1.29, 1.82) is 0 Å². The van der Waals surface area contributed by atoms with Gasteiger partial charge in [-0.15, -0.1) is 0 Å². The molecule has 5 rings (SSSR count). The minimum Gasteiger partial charge on any atom is -0.497 e. The highest BCUT2D eigenvalue weighted by Gasteiger charge is 2.32. The van der Waals surface area contributed by atoms with Crippen molar-refractivity contribution in [2.75, 3.05) is 26.1 Å². The lowest BCUT2D eigenvalue weighted by atomic mass is 9.95. The summed E-state index contributed by atoms with van der Waals surface area (Å²) in [6.07, 6.45) is 3.43. The first-order chi connectivity index (χ1) is 20.3. The number of hydrogen-bond acceptors (Lipinski definition) is 7. The summed E-state index contributed by atoms with van der Waals surface area (Å²) in [7, 11) is 3.15. The fourth-order valence-electron chi connectivity index (χ4n) is 4.69. The van der Waals surface area contributed by atoms with Crippen molar-refractivity contribution in [1.82, 2.24) is 4.57 Å². The standard InChI is InChI=1S/C32H28BrN3O5S/c1-5-15-41-29-24(33)16-20(17-25(29)40-4)18-26-31(38)36-28(21-11-13-23(39-3)14-12-21)27(19(2)34-32(36)42-26)30(37)35-22-9-7-6-8-10-22/h5-14,16-18,28H,1,15H2,2-4H3,(H,35,37)/b26-18+/t28-/m1/s1. The summed E-state index contributed by atoms with van der Waals surface area (Å²) < 4.78 is 19.3. The Labute approximate surface area is 255 Å². The molecule has 214 valence electrons. The quantitative estimate of drug-likeness (QED) is 0.252. The number of hydrogen-bond donors (Lipinski definition) is 1. The average Bonchev–Trinajstić information content (AvgIpc) is 3.29. The van der Waals surface area contributed by atoms with Crippen LogP contribution in [0.15, 0.2) is 105 Å². The number of ether oxygens (including phenoxy) is 3. The van der Waals surface area contributed by atoms with Crippen molar-refractivity contribution in [3.05, 3.63) is 126 Å². The maximum Gasteiger partial charge on any atom is 0.271 e. The summed E-state index contributed by atoms with van der Waals surface area (Å²) in [5.41, 5.74) is 2.78. The Morgan fingerprint density at radius 1 is 1.12 bits per heavy atom. The Morgan fingerprint density at radius 3 is 2.52 bits per heavy atom. The van der Waals surface area contributed by atoms with Gasteiger partial charge in [-0.1, -0.05) is 54.3 Å². The van der Waals surface area contributed by atoms with Gasteiger partial charge >= 0.3 is 0 Å². The van der Waals surface area contributed by atoms with Crippen molar-refractivity contribution in [3.8, 4) is 17.2 Å². The molecule has 0 bridgehead atoms. The summed E-state index contributed by atoms with van der Waals surface area (Å²) in [4.78, 5) is 32.9. The molecule has 0 spiro atoms. The highest BCUT2D eigenvalue weighted by molar-refractivity contribution is 9.10. The average molecular weight is 647 g/mol. The molecule has 1 N–H and O–H groups in total. The molecule has 0 radical (unpaired) electrons. The van der Waals surface area contributed by atoms with Gasteiger partial charge in [0.05, 0.1) is 40.5 Å². The number of amides is 1. The Balaban J connectivity index is 1.64. The lowest BCUT2D eigenvalue weighted by Gasteiger charge is -2.25. The lowest BCUT2D eigenvalue weighted by molar-refractivity contribution is -0.113. The van der Waals surface area contributed by atoms with Crippen molar-refractivity contribution in [2.45, 2.75) is 13.0 Å². The molecule has 8 nitrogen and oxygen atoms in total. The van der Waals surface area contributed by atoms with E-state index in [0.717, 1.165) is 11.1 Å². The number of halogens is 1. The number of rotatable bonds is 9. The summed E-state index contributed by atoms with van der Waals surface area (Å²) in [5.74, 6) is 1.39. The zero-order chi connectivity index (χ0) is 29.8. The van der Waals surface area contributed by atoms with E-state index in [2.05, 4.69) is 27.8 Å². The van der Waals surface area contributed by atoms with Gasteiger partial charge in [0, 0.05) is 5.69 Å². The Hall–Kier alpha value is -4.41. The van der Waals surface area contributed by atoms with Gasteiger partial charge in [0.2, 0.25) is 0 Å². The van der Waals surface area contributed by atoms with Crippen LogP contribution in [-0.4, -0.2) is 31.3 Å². The molecular weight excluding hydrogens is 618 g/mol. The van der Waals surface area contributed by atoms with Crippen LogP contribution in [0.25, 0.3) is 6.08 Å². The number of aromatic nitrogens is 1. The van der Waals surface area contributed by atoms with E-state index in [4.69, 9.17) is 19.2 Å². The van der Waals surface area contributed by atoms with Gasteiger partial charge in [0.15, 0.2) is 16.3 Å². The van der Waals surface area contributed by atoms with Crippen LogP contribution in [0.1, 0.15) is 24.1 Å². The molecule has 4 aromatic rings. The number of para-hydroxylation sites is 1. The fourth-order valence-corrected chi connectivity index (χ4v) is 6.31. The number of thiazole rings is 1. The molecule has 0 unspecified atom stereocenters. The second-order valence-corrected chi connectivity index (χ2v) is 11.2. The second-order valence-electron chi connectivity index (χ2n) is 9.31. The SMILES string of the molecule is C=CCOc1c(Br)cc(/C=c2/sc3n(c2=O)[C@H](c2ccc(OC)cc2)C(C(=O)Nc2ccccc2)=C(C)N=3)cc1OC. The molecule has 0 fully saturated rings. The van der Waals surface area contributed by atoms with E-state index in [1.54, 1.807) is 43.9 Å². The first-order valence-corrected chi connectivity index (χ1v) is 14.6. The molecule has 10 heteroatoms. The summed E-state index contributed by atoms with van der Waals surface area (Å²) in [5, 5.41) is 2.96. The van der Waals surface area contributed by atoms with Gasteiger partial charge in [-0.25, -0.2) is 4.99 Å². The predicted molar refractivity (Wildman–Crippen MR) is 168 cm³/mol. The van der Waals surface area contributed by atoms with Crippen LogP contribution >= 0.6 is 27.3 Å². The third-order valence-electron chi connectivity index (χ3n) is 6.62. The van der Waals surface area contributed by atoms with Crippen LogP contribution in [0.2, 0.25) is 0 Å². The molecule has 1 amide bonds. The predicted octanol–water partition coefficient (Wildman–Crippen LogP) is 5.22.